The Kier molecular flexibility index (Phi) is 4.87. The van der Waals surface area contributed by atoms with Crippen LogP contribution in [0.1, 0.15) is 44.2 Å². The molecule has 1 N–H and O–H groups in total. The van der Waals surface area contributed by atoms with Gasteiger partial charge in [-0.2, -0.15) is 0 Å². The summed E-state index contributed by atoms with van der Waals surface area (Å²) in [6, 6.07) is 9.54. The molecular formula is C17H28N2. The molecule has 1 aliphatic carbocycles. The van der Waals surface area contributed by atoms with Crippen molar-refractivity contribution in [2.75, 3.05) is 26.0 Å². The number of hydrogen-bond donors (Lipinski definition) is 1. The van der Waals surface area contributed by atoms with Gasteiger partial charge in [-0.15, -0.1) is 0 Å². The van der Waals surface area contributed by atoms with Crippen LogP contribution in [0, 0.1) is 11.8 Å². The molecule has 2 nitrogen and oxygen atoms in total. The van der Waals surface area contributed by atoms with Crippen LogP contribution in [0.25, 0.3) is 0 Å². The Morgan fingerprint density at radius 2 is 1.63 bits per heavy atom. The van der Waals surface area contributed by atoms with Gasteiger partial charge in [-0.25, -0.2) is 0 Å². The summed E-state index contributed by atoms with van der Waals surface area (Å²) >= 11 is 0. The summed E-state index contributed by atoms with van der Waals surface area (Å²) in [5.41, 5.74) is 2.71. The van der Waals surface area contributed by atoms with E-state index in [2.05, 4.69) is 62.5 Å². The molecule has 1 aliphatic rings. The predicted molar refractivity (Wildman–Crippen MR) is 83.7 cm³/mol. The smallest absolute Gasteiger partial charge is 0.0361 e. The highest BCUT2D eigenvalue weighted by molar-refractivity contribution is 5.46. The summed E-state index contributed by atoms with van der Waals surface area (Å²) in [6.07, 6.45) is 5.50. The van der Waals surface area contributed by atoms with Gasteiger partial charge in [0.05, 0.1) is 0 Å². The summed E-state index contributed by atoms with van der Waals surface area (Å²) in [5.74, 6) is 1.72. The van der Waals surface area contributed by atoms with Gasteiger partial charge in [0, 0.05) is 25.8 Å². The van der Waals surface area contributed by atoms with Gasteiger partial charge in [0.15, 0.2) is 0 Å². The SMILES string of the molecule is CNC(c1ccc(N(C)C)cc1)C1CCC(C)CC1. The van der Waals surface area contributed by atoms with Gasteiger partial charge in [0.25, 0.3) is 0 Å². The highest BCUT2D eigenvalue weighted by Crippen LogP contribution is 2.36. The number of nitrogens with zero attached hydrogens (tertiary/aromatic N) is 1. The Hall–Kier alpha value is -1.02. The van der Waals surface area contributed by atoms with Crippen molar-refractivity contribution in [2.24, 2.45) is 11.8 Å². The van der Waals surface area contributed by atoms with Crippen molar-refractivity contribution in [2.45, 2.75) is 38.6 Å². The molecule has 1 aromatic rings. The Labute approximate surface area is 118 Å². The Balaban J connectivity index is 2.08. The second-order valence-electron chi connectivity index (χ2n) is 6.27. The number of rotatable bonds is 4. The minimum Gasteiger partial charge on any atom is -0.378 e. The van der Waals surface area contributed by atoms with Gasteiger partial charge in [-0.3, -0.25) is 0 Å². The molecule has 1 unspecified atom stereocenters. The first-order valence-electron chi connectivity index (χ1n) is 7.56. The molecule has 0 heterocycles. The van der Waals surface area contributed by atoms with E-state index in [-0.39, 0.29) is 0 Å². The lowest BCUT2D eigenvalue weighted by atomic mass is 9.77. The van der Waals surface area contributed by atoms with Crippen molar-refractivity contribution in [3.8, 4) is 0 Å². The molecule has 2 heteroatoms. The van der Waals surface area contributed by atoms with E-state index >= 15 is 0 Å². The maximum absolute atomic E-state index is 3.54. The molecule has 0 saturated heterocycles. The maximum atomic E-state index is 3.54. The van der Waals surface area contributed by atoms with E-state index < -0.39 is 0 Å². The number of hydrogen-bond acceptors (Lipinski definition) is 2. The summed E-state index contributed by atoms with van der Waals surface area (Å²) in [4.78, 5) is 2.15. The van der Waals surface area contributed by atoms with E-state index in [1.54, 1.807) is 0 Å². The fourth-order valence-electron chi connectivity index (χ4n) is 3.27. The summed E-state index contributed by atoms with van der Waals surface area (Å²) in [7, 11) is 6.28. The normalized spacial score (nSPS) is 25.1. The average molecular weight is 260 g/mol. The van der Waals surface area contributed by atoms with Crippen LogP contribution in [0.3, 0.4) is 0 Å². The zero-order valence-electron chi connectivity index (χ0n) is 12.8. The van der Waals surface area contributed by atoms with Gasteiger partial charge in [-0.05, 0) is 49.4 Å². The number of nitrogens with one attached hydrogen (secondary N) is 1. The molecule has 106 valence electrons. The lowest BCUT2D eigenvalue weighted by Crippen LogP contribution is -2.28. The molecule has 0 amide bonds. The third-order valence-electron chi connectivity index (χ3n) is 4.61. The van der Waals surface area contributed by atoms with Gasteiger partial charge in [0.2, 0.25) is 0 Å². The van der Waals surface area contributed by atoms with Crippen LogP contribution in [-0.2, 0) is 0 Å². The number of benzene rings is 1. The molecule has 0 spiro atoms. The van der Waals surface area contributed by atoms with Crippen LogP contribution < -0.4 is 10.2 Å². The molecule has 2 rings (SSSR count). The quantitative estimate of drug-likeness (QED) is 0.885. The largest absolute Gasteiger partial charge is 0.378 e. The Morgan fingerprint density at radius 1 is 1.05 bits per heavy atom. The van der Waals surface area contributed by atoms with Crippen molar-refractivity contribution >= 4 is 5.69 Å². The fraction of sp³-hybridized carbons (Fsp3) is 0.647. The lowest BCUT2D eigenvalue weighted by molar-refractivity contribution is 0.238. The molecule has 1 saturated carbocycles. The Bertz CT molecular complexity index is 375. The van der Waals surface area contributed by atoms with Crippen molar-refractivity contribution in [3.05, 3.63) is 29.8 Å². The number of anilines is 1. The predicted octanol–water partition coefficient (Wildman–Crippen LogP) is 3.84. The third-order valence-corrected chi connectivity index (χ3v) is 4.61. The van der Waals surface area contributed by atoms with Crippen LogP contribution in [0.2, 0.25) is 0 Å². The van der Waals surface area contributed by atoms with Gasteiger partial charge < -0.3 is 10.2 Å². The third kappa shape index (κ3) is 3.50. The van der Waals surface area contributed by atoms with Gasteiger partial charge >= 0.3 is 0 Å². The highest BCUT2D eigenvalue weighted by atomic mass is 15.1. The van der Waals surface area contributed by atoms with Crippen LogP contribution in [0.5, 0.6) is 0 Å². The zero-order valence-corrected chi connectivity index (χ0v) is 12.8. The molecule has 0 aromatic heterocycles. The van der Waals surface area contributed by atoms with E-state index in [0.717, 1.165) is 11.8 Å². The van der Waals surface area contributed by atoms with E-state index in [1.165, 1.54) is 36.9 Å². The van der Waals surface area contributed by atoms with Crippen LogP contribution in [0.15, 0.2) is 24.3 Å². The van der Waals surface area contributed by atoms with E-state index in [1.807, 2.05) is 0 Å². The topological polar surface area (TPSA) is 15.3 Å². The minimum atomic E-state index is 0.517. The lowest BCUT2D eigenvalue weighted by Gasteiger charge is -2.33. The second-order valence-corrected chi connectivity index (χ2v) is 6.27. The van der Waals surface area contributed by atoms with Crippen molar-refractivity contribution in [3.63, 3.8) is 0 Å². The molecule has 0 bridgehead atoms. The molecular weight excluding hydrogens is 232 g/mol. The molecule has 0 radical (unpaired) electrons. The summed E-state index contributed by atoms with van der Waals surface area (Å²) < 4.78 is 0. The minimum absolute atomic E-state index is 0.517. The highest BCUT2D eigenvalue weighted by Gasteiger charge is 2.26. The molecule has 19 heavy (non-hydrogen) atoms. The fourth-order valence-corrected chi connectivity index (χ4v) is 3.27. The van der Waals surface area contributed by atoms with Gasteiger partial charge in [-0.1, -0.05) is 31.9 Å². The monoisotopic (exact) mass is 260 g/mol. The zero-order chi connectivity index (χ0) is 13.8. The molecule has 1 atom stereocenters. The first-order valence-corrected chi connectivity index (χ1v) is 7.56. The molecule has 1 aromatic carbocycles. The van der Waals surface area contributed by atoms with Crippen LogP contribution in [-0.4, -0.2) is 21.1 Å². The standard InChI is InChI=1S/C17H28N2/c1-13-5-7-14(8-6-13)17(18-2)15-9-11-16(12-10-15)19(3)4/h9-14,17-18H,5-8H2,1-4H3. The summed E-state index contributed by atoms with van der Waals surface area (Å²) in [6.45, 7) is 2.39. The first-order chi connectivity index (χ1) is 9.11. The van der Waals surface area contributed by atoms with Crippen molar-refractivity contribution in [1.29, 1.82) is 0 Å². The second kappa shape index (κ2) is 6.42. The van der Waals surface area contributed by atoms with E-state index in [4.69, 9.17) is 0 Å². The van der Waals surface area contributed by atoms with Crippen LogP contribution in [0.4, 0.5) is 5.69 Å². The van der Waals surface area contributed by atoms with Crippen molar-refractivity contribution in [1.82, 2.24) is 5.32 Å². The average Bonchev–Trinajstić information content (AvgIpc) is 2.42. The Morgan fingerprint density at radius 3 is 2.11 bits per heavy atom. The van der Waals surface area contributed by atoms with Gasteiger partial charge in [0.1, 0.15) is 0 Å². The van der Waals surface area contributed by atoms with E-state index in [9.17, 15) is 0 Å². The molecule has 1 fully saturated rings. The van der Waals surface area contributed by atoms with Crippen molar-refractivity contribution < 1.29 is 0 Å². The maximum Gasteiger partial charge on any atom is 0.0361 e. The van der Waals surface area contributed by atoms with Crippen LogP contribution >= 0.6 is 0 Å². The molecule has 0 aliphatic heterocycles. The van der Waals surface area contributed by atoms with E-state index in [0.29, 0.717) is 6.04 Å². The summed E-state index contributed by atoms with van der Waals surface area (Å²) in [5, 5.41) is 3.54. The first kappa shape index (κ1) is 14.4.